The summed E-state index contributed by atoms with van der Waals surface area (Å²) in [6.45, 7) is 3.77. The van der Waals surface area contributed by atoms with Gasteiger partial charge < -0.3 is 19.9 Å². The fourth-order valence-electron chi connectivity index (χ4n) is 3.56. The lowest BCUT2D eigenvalue weighted by atomic mass is 10.2. The molecule has 0 aliphatic carbocycles. The topological polar surface area (TPSA) is 105 Å². The fourth-order valence-corrected chi connectivity index (χ4v) is 3.56. The second-order valence-corrected chi connectivity index (χ2v) is 7.56. The number of aromatic nitrogens is 4. The number of H-pyrrole nitrogens is 1. The number of carbonyl (C=O) groups is 2. The number of benzene rings is 1. The highest BCUT2D eigenvalue weighted by atomic mass is 19.1. The number of imidazole rings is 1. The molecule has 164 valence electrons. The minimum absolute atomic E-state index is 0.0243. The number of aromatic amines is 1. The monoisotopic (exact) mass is 428 g/mol. The van der Waals surface area contributed by atoms with Crippen molar-refractivity contribution >= 4 is 22.8 Å². The molecule has 0 spiro atoms. The number of nitrogens with zero attached hydrogens (tertiary/aromatic N) is 4. The first-order chi connectivity index (χ1) is 15.0. The largest absolute Gasteiger partial charge is 0.365 e. The van der Waals surface area contributed by atoms with E-state index in [1.165, 1.54) is 12.1 Å². The van der Waals surface area contributed by atoms with E-state index in [1.807, 2.05) is 19.2 Å². The van der Waals surface area contributed by atoms with E-state index in [0.717, 1.165) is 5.69 Å². The minimum Gasteiger partial charge on any atom is -0.365 e. The molecule has 2 amide bonds. The first kappa shape index (κ1) is 21.0. The Bertz CT molecular complexity index is 1080. The highest BCUT2D eigenvalue weighted by Gasteiger charge is 2.29. The van der Waals surface area contributed by atoms with Crippen LogP contribution in [-0.2, 0) is 27.3 Å². The van der Waals surface area contributed by atoms with Crippen LogP contribution in [0.2, 0.25) is 0 Å². The molecule has 2 N–H and O–H groups in total. The summed E-state index contributed by atoms with van der Waals surface area (Å²) in [5, 5.41) is 7.11. The van der Waals surface area contributed by atoms with E-state index < -0.39 is 6.10 Å². The lowest BCUT2D eigenvalue weighted by Gasteiger charge is -2.32. The molecule has 9 nitrogen and oxygen atoms in total. The summed E-state index contributed by atoms with van der Waals surface area (Å²) < 4.78 is 20.6. The smallest absolute Gasteiger partial charge is 0.251 e. The van der Waals surface area contributed by atoms with E-state index in [0.29, 0.717) is 55.9 Å². The molecule has 1 aliphatic heterocycles. The number of hydrogen-bond donors (Lipinski definition) is 2. The van der Waals surface area contributed by atoms with Gasteiger partial charge in [0.2, 0.25) is 5.91 Å². The number of halogens is 1. The molecule has 4 rings (SSSR count). The predicted octanol–water partition coefficient (Wildman–Crippen LogP) is 1.18. The lowest BCUT2D eigenvalue weighted by Crippen LogP contribution is -2.52. The normalized spacial score (nSPS) is 16.6. The number of fused-ring (bicyclic) bond motifs is 1. The van der Waals surface area contributed by atoms with E-state index in [9.17, 15) is 14.0 Å². The van der Waals surface area contributed by atoms with E-state index in [2.05, 4.69) is 20.4 Å². The highest BCUT2D eigenvalue weighted by Crippen LogP contribution is 2.13. The molecule has 0 bridgehead atoms. The molecule has 3 heterocycles. The SMILES string of the molecule is Cc1ccn(CCC(=O)N2CCOC(C(=O)NCCc3nc4ccc(F)cc4[nH]3)C2)n1. The Hall–Kier alpha value is -3.27. The number of carbonyl (C=O) groups excluding carboxylic acids is 2. The third kappa shape index (κ3) is 5.26. The van der Waals surface area contributed by atoms with Gasteiger partial charge in [-0.1, -0.05) is 0 Å². The third-order valence-corrected chi connectivity index (χ3v) is 5.19. The second kappa shape index (κ2) is 9.25. The van der Waals surface area contributed by atoms with Gasteiger partial charge in [-0.2, -0.15) is 5.10 Å². The van der Waals surface area contributed by atoms with Gasteiger partial charge in [0.05, 0.1) is 29.9 Å². The number of hydrogen-bond acceptors (Lipinski definition) is 5. The number of amides is 2. The molecule has 0 radical (unpaired) electrons. The van der Waals surface area contributed by atoms with Crippen molar-refractivity contribution < 1.29 is 18.7 Å². The maximum atomic E-state index is 13.3. The van der Waals surface area contributed by atoms with Gasteiger partial charge in [-0.25, -0.2) is 9.37 Å². The molecule has 1 aromatic carbocycles. The quantitative estimate of drug-likeness (QED) is 0.588. The standard InChI is InChI=1S/C21H25FN6O3/c1-14-5-8-28(26-14)9-6-20(29)27-10-11-31-18(13-27)21(30)23-7-4-19-24-16-3-2-15(22)12-17(16)25-19/h2-3,5,8,12,18H,4,6-7,9-11,13H2,1H3,(H,23,30)(H,24,25). The molecule has 1 saturated heterocycles. The zero-order chi connectivity index (χ0) is 21.8. The van der Waals surface area contributed by atoms with Gasteiger partial charge in [0.15, 0.2) is 6.10 Å². The Kier molecular flexibility index (Phi) is 6.26. The van der Waals surface area contributed by atoms with Crippen LogP contribution in [0.5, 0.6) is 0 Å². The summed E-state index contributed by atoms with van der Waals surface area (Å²) in [7, 11) is 0. The van der Waals surface area contributed by atoms with Crippen molar-refractivity contribution in [3.63, 3.8) is 0 Å². The molecule has 1 unspecified atom stereocenters. The maximum absolute atomic E-state index is 13.3. The maximum Gasteiger partial charge on any atom is 0.251 e. The summed E-state index contributed by atoms with van der Waals surface area (Å²) in [5.41, 5.74) is 2.21. The molecule has 31 heavy (non-hydrogen) atoms. The Morgan fingerprint density at radius 3 is 3.03 bits per heavy atom. The van der Waals surface area contributed by atoms with Gasteiger partial charge in [0.25, 0.3) is 5.91 Å². The average molecular weight is 428 g/mol. The molecule has 3 aromatic rings. The van der Waals surface area contributed by atoms with Crippen molar-refractivity contribution in [1.82, 2.24) is 30.0 Å². The molecule has 0 saturated carbocycles. The van der Waals surface area contributed by atoms with Crippen molar-refractivity contribution in [3.8, 4) is 0 Å². The summed E-state index contributed by atoms with van der Waals surface area (Å²) >= 11 is 0. The van der Waals surface area contributed by atoms with Crippen LogP contribution >= 0.6 is 0 Å². The van der Waals surface area contributed by atoms with Crippen LogP contribution in [0, 0.1) is 12.7 Å². The fraction of sp³-hybridized carbons (Fsp3) is 0.429. The van der Waals surface area contributed by atoms with Gasteiger partial charge in [-0.3, -0.25) is 14.3 Å². The first-order valence-electron chi connectivity index (χ1n) is 10.3. The van der Waals surface area contributed by atoms with Crippen LogP contribution in [0.1, 0.15) is 17.9 Å². The highest BCUT2D eigenvalue weighted by molar-refractivity contribution is 5.83. The van der Waals surface area contributed by atoms with Crippen molar-refractivity contribution in [2.24, 2.45) is 0 Å². The Morgan fingerprint density at radius 1 is 1.35 bits per heavy atom. The number of rotatable bonds is 7. The van der Waals surface area contributed by atoms with Crippen LogP contribution in [0.15, 0.2) is 30.5 Å². The number of morpholine rings is 1. The molecular formula is C21H25FN6O3. The lowest BCUT2D eigenvalue weighted by molar-refractivity contribution is -0.147. The van der Waals surface area contributed by atoms with Gasteiger partial charge in [0, 0.05) is 38.7 Å². The zero-order valence-corrected chi connectivity index (χ0v) is 17.3. The number of aryl methyl sites for hydroxylation is 2. The molecular weight excluding hydrogens is 403 g/mol. The van der Waals surface area contributed by atoms with Crippen molar-refractivity contribution in [1.29, 1.82) is 0 Å². The molecule has 1 atom stereocenters. The number of nitrogens with one attached hydrogen (secondary N) is 2. The van der Waals surface area contributed by atoms with E-state index >= 15 is 0 Å². The van der Waals surface area contributed by atoms with Crippen LogP contribution in [-0.4, -0.2) is 68.8 Å². The summed E-state index contributed by atoms with van der Waals surface area (Å²) in [4.78, 5) is 34.1. The zero-order valence-electron chi connectivity index (χ0n) is 17.3. The van der Waals surface area contributed by atoms with E-state index in [4.69, 9.17) is 4.74 Å². The summed E-state index contributed by atoms with van der Waals surface area (Å²) in [5.74, 6) is 0.0477. The molecule has 1 fully saturated rings. The van der Waals surface area contributed by atoms with Crippen molar-refractivity contribution in [2.75, 3.05) is 26.2 Å². The van der Waals surface area contributed by atoms with Gasteiger partial charge >= 0.3 is 0 Å². The molecule has 2 aromatic heterocycles. The Balaban J connectivity index is 1.23. The van der Waals surface area contributed by atoms with E-state index in [-0.39, 0.29) is 24.2 Å². The van der Waals surface area contributed by atoms with Crippen molar-refractivity contribution in [3.05, 3.63) is 47.8 Å². The molecule has 1 aliphatic rings. The first-order valence-corrected chi connectivity index (χ1v) is 10.3. The van der Waals surface area contributed by atoms with Crippen LogP contribution in [0.25, 0.3) is 11.0 Å². The Labute approximate surface area is 178 Å². The second-order valence-electron chi connectivity index (χ2n) is 7.56. The Morgan fingerprint density at radius 2 is 2.23 bits per heavy atom. The van der Waals surface area contributed by atoms with Crippen LogP contribution in [0.4, 0.5) is 4.39 Å². The summed E-state index contributed by atoms with van der Waals surface area (Å²) in [6.07, 6.45) is 1.94. The average Bonchev–Trinajstić information content (AvgIpc) is 3.37. The molecule has 10 heteroatoms. The van der Waals surface area contributed by atoms with Crippen LogP contribution < -0.4 is 5.32 Å². The number of ether oxygens (including phenoxy) is 1. The summed E-state index contributed by atoms with van der Waals surface area (Å²) in [6, 6.07) is 6.25. The van der Waals surface area contributed by atoms with Gasteiger partial charge in [-0.05, 0) is 31.2 Å². The van der Waals surface area contributed by atoms with Gasteiger partial charge in [0.1, 0.15) is 11.6 Å². The van der Waals surface area contributed by atoms with Crippen molar-refractivity contribution in [2.45, 2.75) is 32.4 Å². The minimum atomic E-state index is -0.700. The predicted molar refractivity (Wildman–Crippen MR) is 111 cm³/mol. The van der Waals surface area contributed by atoms with Gasteiger partial charge in [-0.15, -0.1) is 0 Å². The van der Waals surface area contributed by atoms with E-state index in [1.54, 1.807) is 15.6 Å². The van der Waals surface area contributed by atoms with Crippen LogP contribution in [0.3, 0.4) is 0 Å². The third-order valence-electron chi connectivity index (χ3n) is 5.19.